The van der Waals surface area contributed by atoms with Crippen LogP contribution in [0.2, 0.25) is 0 Å². The molecule has 0 N–H and O–H groups in total. The van der Waals surface area contributed by atoms with Crippen molar-refractivity contribution in [2.24, 2.45) is 0 Å². The summed E-state index contributed by atoms with van der Waals surface area (Å²) < 4.78 is 33.0. The van der Waals surface area contributed by atoms with Crippen molar-refractivity contribution in [1.29, 1.82) is 0 Å². The first-order valence-corrected chi connectivity index (χ1v) is 11.3. The van der Waals surface area contributed by atoms with E-state index >= 15 is 0 Å². The van der Waals surface area contributed by atoms with Crippen LogP contribution in [0.4, 0.5) is 0 Å². The largest absolute Gasteiger partial charge is 0.373 e. The molecule has 1 aromatic rings. The number of rotatable bonds is 4. The van der Waals surface area contributed by atoms with Gasteiger partial charge in [-0.25, -0.2) is 8.42 Å². The highest BCUT2D eigenvalue weighted by molar-refractivity contribution is 7.89. The summed E-state index contributed by atoms with van der Waals surface area (Å²) in [6.07, 6.45) is 0.244. The summed E-state index contributed by atoms with van der Waals surface area (Å²) in [4.78, 5) is 16.9. The maximum atomic E-state index is 12.9. The predicted molar refractivity (Wildman–Crippen MR) is 108 cm³/mol. The minimum absolute atomic E-state index is 0.0597. The van der Waals surface area contributed by atoms with E-state index in [9.17, 15) is 13.2 Å². The summed E-state index contributed by atoms with van der Waals surface area (Å²) in [5, 5.41) is 0. The Balaban J connectivity index is 1.57. The van der Waals surface area contributed by atoms with Crippen molar-refractivity contribution < 1.29 is 17.9 Å². The van der Waals surface area contributed by atoms with E-state index in [4.69, 9.17) is 4.74 Å². The standard InChI is InChI=1S/C20H31N3O4S/c1-15-5-6-19(11-16(15)2)28(25,26)23-9-7-22(8-10-23)20(24)14-21-12-17(3)27-18(4)13-21/h5-6,11,17-18H,7-10,12-14H2,1-4H3/t17-,18+. The maximum Gasteiger partial charge on any atom is 0.243 e. The molecule has 0 radical (unpaired) electrons. The second-order valence-electron chi connectivity index (χ2n) is 7.98. The molecule has 28 heavy (non-hydrogen) atoms. The van der Waals surface area contributed by atoms with E-state index in [1.165, 1.54) is 4.31 Å². The molecular formula is C20H31N3O4S. The minimum atomic E-state index is -3.52. The van der Waals surface area contributed by atoms with Crippen LogP contribution in [0.1, 0.15) is 25.0 Å². The summed E-state index contributed by atoms with van der Waals surface area (Å²) in [5.41, 5.74) is 2.03. The number of piperazine rings is 1. The minimum Gasteiger partial charge on any atom is -0.373 e. The van der Waals surface area contributed by atoms with Crippen LogP contribution in [0.5, 0.6) is 0 Å². The number of amides is 1. The molecule has 2 atom stereocenters. The van der Waals surface area contributed by atoms with Crippen molar-refractivity contribution in [3.8, 4) is 0 Å². The van der Waals surface area contributed by atoms with Crippen LogP contribution in [0.25, 0.3) is 0 Å². The van der Waals surface area contributed by atoms with Gasteiger partial charge in [-0.3, -0.25) is 9.69 Å². The Morgan fingerprint density at radius 3 is 2.21 bits per heavy atom. The number of aryl methyl sites for hydroxylation is 2. The average Bonchev–Trinajstić information content (AvgIpc) is 2.63. The lowest BCUT2D eigenvalue weighted by Crippen LogP contribution is -2.54. The number of hydrogen-bond donors (Lipinski definition) is 0. The molecule has 1 amide bonds. The number of ether oxygens (including phenoxy) is 1. The quantitative estimate of drug-likeness (QED) is 0.749. The Morgan fingerprint density at radius 1 is 1.04 bits per heavy atom. The number of hydrogen-bond acceptors (Lipinski definition) is 5. The SMILES string of the molecule is Cc1ccc(S(=O)(=O)N2CCN(C(=O)CN3C[C@@H](C)O[C@@H](C)C3)CC2)cc1C. The number of nitrogens with zero attached hydrogens (tertiary/aromatic N) is 3. The molecule has 0 bridgehead atoms. The number of sulfonamides is 1. The predicted octanol–water partition coefficient (Wildman–Crippen LogP) is 1.25. The van der Waals surface area contributed by atoms with Gasteiger partial charge in [-0.1, -0.05) is 6.07 Å². The van der Waals surface area contributed by atoms with E-state index < -0.39 is 10.0 Å². The smallest absolute Gasteiger partial charge is 0.243 e. The number of carbonyl (C=O) groups is 1. The van der Waals surface area contributed by atoms with E-state index in [0.29, 0.717) is 37.6 Å². The van der Waals surface area contributed by atoms with Crippen molar-refractivity contribution >= 4 is 15.9 Å². The van der Waals surface area contributed by atoms with Crippen molar-refractivity contribution in [3.05, 3.63) is 29.3 Å². The molecule has 2 aliphatic heterocycles. The molecule has 2 aliphatic rings. The van der Waals surface area contributed by atoms with Gasteiger partial charge in [0.2, 0.25) is 15.9 Å². The van der Waals surface area contributed by atoms with Crippen LogP contribution in [0.15, 0.2) is 23.1 Å². The monoisotopic (exact) mass is 409 g/mol. The lowest BCUT2D eigenvalue weighted by Gasteiger charge is -2.38. The van der Waals surface area contributed by atoms with Crippen LogP contribution < -0.4 is 0 Å². The highest BCUT2D eigenvalue weighted by atomic mass is 32.2. The Kier molecular flexibility index (Phi) is 6.44. The Morgan fingerprint density at radius 2 is 1.64 bits per heavy atom. The Hall–Kier alpha value is -1.48. The summed E-state index contributed by atoms with van der Waals surface area (Å²) in [6.45, 7) is 11.3. The molecule has 0 unspecified atom stereocenters. The molecule has 7 nitrogen and oxygen atoms in total. The zero-order valence-electron chi connectivity index (χ0n) is 17.2. The topological polar surface area (TPSA) is 70.2 Å². The third-order valence-corrected chi connectivity index (χ3v) is 7.46. The number of morpholine rings is 1. The van der Waals surface area contributed by atoms with Crippen molar-refractivity contribution in [2.75, 3.05) is 45.8 Å². The van der Waals surface area contributed by atoms with Gasteiger partial charge in [0.1, 0.15) is 0 Å². The first kappa shape index (κ1) is 21.2. The zero-order valence-corrected chi connectivity index (χ0v) is 18.0. The van der Waals surface area contributed by atoms with Gasteiger partial charge in [0.05, 0.1) is 23.6 Å². The van der Waals surface area contributed by atoms with E-state index in [1.54, 1.807) is 17.0 Å². The maximum absolute atomic E-state index is 12.9. The van der Waals surface area contributed by atoms with Crippen LogP contribution >= 0.6 is 0 Å². The Labute approximate surface area is 168 Å². The van der Waals surface area contributed by atoms with E-state index in [0.717, 1.165) is 24.2 Å². The van der Waals surface area contributed by atoms with Gasteiger partial charge in [0.25, 0.3) is 0 Å². The van der Waals surface area contributed by atoms with Crippen LogP contribution in [-0.2, 0) is 19.6 Å². The summed E-state index contributed by atoms with van der Waals surface area (Å²) >= 11 is 0. The van der Waals surface area contributed by atoms with Gasteiger partial charge in [0, 0.05) is 39.3 Å². The molecule has 8 heteroatoms. The van der Waals surface area contributed by atoms with Crippen LogP contribution in [0.3, 0.4) is 0 Å². The second-order valence-corrected chi connectivity index (χ2v) is 9.92. The molecular weight excluding hydrogens is 378 g/mol. The summed E-state index contributed by atoms with van der Waals surface area (Å²) in [7, 11) is -3.52. The fraction of sp³-hybridized carbons (Fsp3) is 0.650. The van der Waals surface area contributed by atoms with Crippen molar-refractivity contribution in [3.63, 3.8) is 0 Å². The third kappa shape index (κ3) is 4.74. The van der Waals surface area contributed by atoms with Gasteiger partial charge in [0.15, 0.2) is 0 Å². The number of carbonyl (C=O) groups excluding carboxylic acids is 1. The average molecular weight is 410 g/mol. The zero-order chi connectivity index (χ0) is 20.5. The molecule has 2 heterocycles. The molecule has 2 fully saturated rings. The molecule has 2 saturated heterocycles. The highest BCUT2D eigenvalue weighted by Crippen LogP contribution is 2.20. The van der Waals surface area contributed by atoms with Gasteiger partial charge < -0.3 is 9.64 Å². The first-order chi connectivity index (χ1) is 13.2. The lowest BCUT2D eigenvalue weighted by atomic mass is 10.1. The highest BCUT2D eigenvalue weighted by Gasteiger charge is 2.31. The lowest BCUT2D eigenvalue weighted by molar-refractivity contribution is -0.137. The molecule has 0 spiro atoms. The Bertz CT molecular complexity index is 809. The molecule has 0 saturated carbocycles. The number of benzene rings is 1. The van der Waals surface area contributed by atoms with Gasteiger partial charge in [-0.05, 0) is 51.0 Å². The first-order valence-electron chi connectivity index (χ1n) is 9.90. The molecule has 156 valence electrons. The van der Waals surface area contributed by atoms with Crippen LogP contribution in [-0.4, -0.2) is 86.5 Å². The fourth-order valence-corrected chi connectivity index (χ4v) is 5.41. The van der Waals surface area contributed by atoms with Crippen molar-refractivity contribution in [2.45, 2.75) is 44.8 Å². The summed E-state index contributed by atoms with van der Waals surface area (Å²) in [5.74, 6) is 0.0597. The molecule has 1 aromatic carbocycles. The van der Waals surface area contributed by atoms with Gasteiger partial charge in [-0.15, -0.1) is 0 Å². The molecule has 0 aromatic heterocycles. The summed E-state index contributed by atoms with van der Waals surface area (Å²) in [6, 6.07) is 5.23. The van der Waals surface area contributed by atoms with E-state index in [-0.39, 0.29) is 18.1 Å². The van der Waals surface area contributed by atoms with E-state index in [1.807, 2.05) is 33.8 Å². The van der Waals surface area contributed by atoms with Gasteiger partial charge >= 0.3 is 0 Å². The second kappa shape index (κ2) is 8.49. The van der Waals surface area contributed by atoms with Gasteiger partial charge in [-0.2, -0.15) is 4.31 Å². The molecule has 3 rings (SSSR count). The normalized spacial score (nSPS) is 25.1. The van der Waals surface area contributed by atoms with Crippen LogP contribution in [0, 0.1) is 13.8 Å². The third-order valence-electron chi connectivity index (χ3n) is 5.56. The van der Waals surface area contributed by atoms with E-state index in [2.05, 4.69) is 4.90 Å². The van der Waals surface area contributed by atoms with Crippen molar-refractivity contribution in [1.82, 2.24) is 14.1 Å². The fourth-order valence-electron chi connectivity index (χ4n) is 3.91. The molecule has 0 aliphatic carbocycles.